The number of halogens is 1. The van der Waals surface area contributed by atoms with Crippen molar-refractivity contribution in [3.05, 3.63) is 28.8 Å². The van der Waals surface area contributed by atoms with Gasteiger partial charge < -0.3 is 10.5 Å². The van der Waals surface area contributed by atoms with Gasteiger partial charge in [0.15, 0.2) is 0 Å². The number of carbonyl (C=O) groups excluding carboxylic acids is 1. The van der Waals surface area contributed by atoms with Crippen LogP contribution in [0.3, 0.4) is 0 Å². The summed E-state index contributed by atoms with van der Waals surface area (Å²) in [7, 11) is 0. The van der Waals surface area contributed by atoms with E-state index in [4.69, 9.17) is 22.1 Å². The molecule has 0 unspecified atom stereocenters. The normalized spacial score (nSPS) is 16.8. The smallest absolute Gasteiger partial charge is 0.412 e. The number of amides is 1. The molecular formula is C17H25ClN2O2. The molecule has 1 aliphatic rings. The van der Waals surface area contributed by atoms with Crippen LogP contribution in [0.15, 0.2) is 18.2 Å². The van der Waals surface area contributed by atoms with Crippen molar-refractivity contribution >= 4 is 23.4 Å². The molecule has 1 aromatic rings. The van der Waals surface area contributed by atoms with Crippen LogP contribution in [-0.2, 0) is 10.2 Å². The molecule has 0 radical (unpaired) electrons. The zero-order valence-electron chi connectivity index (χ0n) is 13.5. The molecule has 1 fully saturated rings. The van der Waals surface area contributed by atoms with Gasteiger partial charge in [0.2, 0.25) is 0 Å². The summed E-state index contributed by atoms with van der Waals surface area (Å²) >= 11 is 6.10. The van der Waals surface area contributed by atoms with Crippen molar-refractivity contribution in [1.29, 1.82) is 0 Å². The van der Waals surface area contributed by atoms with Crippen LogP contribution in [0.25, 0.3) is 0 Å². The van der Waals surface area contributed by atoms with Crippen LogP contribution in [0.4, 0.5) is 10.5 Å². The van der Waals surface area contributed by atoms with Crippen LogP contribution >= 0.6 is 11.6 Å². The summed E-state index contributed by atoms with van der Waals surface area (Å²) in [5, 5.41) is 3.45. The standard InChI is InChI=1S/C17H25ClN2O2/c1-16(2,3)22-15(21)20-14-11-12(18)5-6-13(14)17(9-10-19)7-4-8-17/h5-6,11H,4,7-10,19H2,1-3H3,(H,20,21). The van der Waals surface area contributed by atoms with Gasteiger partial charge in [-0.2, -0.15) is 0 Å². The van der Waals surface area contributed by atoms with E-state index in [0.717, 1.165) is 30.5 Å². The van der Waals surface area contributed by atoms with Gasteiger partial charge in [-0.15, -0.1) is 0 Å². The number of nitrogens with one attached hydrogen (secondary N) is 1. The van der Waals surface area contributed by atoms with Crippen molar-refractivity contribution in [2.75, 3.05) is 11.9 Å². The topological polar surface area (TPSA) is 64.3 Å². The number of hydrogen-bond donors (Lipinski definition) is 2. The van der Waals surface area contributed by atoms with E-state index in [-0.39, 0.29) is 5.41 Å². The summed E-state index contributed by atoms with van der Waals surface area (Å²) in [6.45, 7) is 6.16. The van der Waals surface area contributed by atoms with Gasteiger partial charge in [0.25, 0.3) is 0 Å². The fourth-order valence-electron chi connectivity index (χ4n) is 3.03. The summed E-state index contributed by atoms with van der Waals surface area (Å²) < 4.78 is 5.34. The molecule has 1 amide bonds. The molecule has 5 heteroatoms. The number of anilines is 1. The first-order chi connectivity index (χ1) is 10.3. The second kappa shape index (κ2) is 6.47. The SMILES string of the molecule is CC(C)(C)OC(=O)Nc1cc(Cl)ccc1C1(CCN)CCC1. The van der Waals surface area contributed by atoms with Crippen molar-refractivity contribution < 1.29 is 9.53 Å². The van der Waals surface area contributed by atoms with Crippen molar-refractivity contribution in [2.24, 2.45) is 5.73 Å². The second-order valence-electron chi connectivity index (χ2n) is 6.99. The predicted octanol–water partition coefficient (Wildman–Crippen LogP) is 4.46. The molecule has 0 spiro atoms. The third-order valence-corrected chi connectivity index (χ3v) is 4.36. The Hall–Kier alpha value is -1.26. The summed E-state index contributed by atoms with van der Waals surface area (Å²) in [6, 6.07) is 5.66. The van der Waals surface area contributed by atoms with E-state index < -0.39 is 11.7 Å². The van der Waals surface area contributed by atoms with Crippen LogP contribution < -0.4 is 11.1 Å². The highest BCUT2D eigenvalue weighted by Gasteiger charge is 2.39. The van der Waals surface area contributed by atoms with Crippen LogP contribution in [-0.4, -0.2) is 18.2 Å². The summed E-state index contributed by atoms with van der Waals surface area (Å²) in [4.78, 5) is 12.1. The third-order valence-electron chi connectivity index (χ3n) is 4.12. The fourth-order valence-corrected chi connectivity index (χ4v) is 3.20. The quantitative estimate of drug-likeness (QED) is 0.859. The van der Waals surface area contributed by atoms with Gasteiger partial charge in [-0.3, -0.25) is 5.32 Å². The highest BCUT2D eigenvalue weighted by Crippen LogP contribution is 2.49. The van der Waals surface area contributed by atoms with Crippen molar-refractivity contribution in [3.63, 3.8) is 0 Å². The monoisotopic (exact) mass is 324 g/mol. The van der Waals surface area contributed by atoms with Gasteiger partial charge in [0.1, 0.15) is 5.60 Å². The van der Waals surface area contributed by atoms with Gasteiger partial charge in [-0.1, -0.05) is 24.1 Å². The maximum Gasteiger partial charge on any atom is 0.412 e. The van der Waals surface area contributed by atoms with Crippen LogP contribution in [0.2, 0.25) is 5.02 Å². The Morgan fingerprint density at radius 1 is 1.41 bits per heavy atom. The molecule has 3 N–H and O–H groups in total. The zero-order chi connectivity index (χ0) is 16.4. The van der Waals surface area contributed by atoms with Crippen molar-refractivity contribution in [2.45, 2.75) is 57.5 Å². The van der Waals surface area contributed by atoms with Gasteiger partial charge in [-0.05, 0) is 69.7 Å². The molecule has 22 heavy (non-hydrogen) atoms. The average molecular weight is 325 g/mol. The Morgan fingerprint density at radius 3 is 2.59 bits per heavy atom. The first-order valence-electron chi connectivity index (χ1n) is 7.76. The van der Waals surface area contributed by atoms with E-state index in [1.807, 2.05) is 32.9 Å². The molecule has 1 aliphatic carbocycles. The van der Waals surface area contributed by atoms with E-state index in [1.165, 1.54) is 6.42 Å². The Morgan fingerprint density at radius 2 is 2.09 bits per heavy atom. The van der Waals surface area contributed by atoms with E-state index >= 15 is 0 Å². The molecule has 0 saturated heterocycles. The predicted molar refractivity (Wildman–Crippen MR) is 90.5 cm³/mol. The zero-order valence-corrected chi connectivity index (χ0v) is 14.3. The summed E-state index contributed by atoms with van der Waals surface area (Å²) in [5.74, 6) is 0. The lowest BCUT2D eigenvalue weighted by Gasteiger charge is -2.43. The third kappa shape index (κ3) is 3.93. The molecule has 0 bridgehead atoms. The molecule has 0 atom stereocenters. The van der Waals surface area contributed by atoms with Crippen molar-refractivity contribution in [1.82, 2.24) is 0 Å². The maximum absolute atomic E-state index is 12.1. The minimum absolute atomic E-state index is 0.0592. The Balaban J connectivity index is 2.27. The summed E-state index contributed by atoms with van der Waals surface area (Å²) in [6.07, 6.45) is 3.83. The second-order valence-corrected chi connectivity index (χ2v) is 7.43. The highest BCUT2D eigenvalue weighted by atomic mass is 35.5. The maximum atomic E-state index is 12.1. The van der Waals surface area contributed by atoms with E-state index in [9.17, 15) is 4.79 Å². The molecule has 0 heterocycles. The minimum Gasteiger partial charge on any atom is -0.444 e. The Kier molecular flexibility index (Phi) is 5.03. The number of hydrogen-bond acceptors (Lipinski definition) is 3. The molecule has 1 saturated carbocycles. The lowest BCUT2D eigenvalue weighted by Crippen LogP contribution is -2.37. The molecule has 4 nitrogen and oxygen atoms in total. The largest absolute Gasteiger partial charge is 0.444 e. The van der Waals surface area contributed by atoms with E-state index in [0.29, 0.717) is 11.6 Å². The Labute approximate surface area is 137 Å². The van der Waals surface area contributed by atoms with Crippen LogP contribution in [0.1, 0.15) is 52.0 Å². The molecule has 2 rings (SSSR count). The molecular weight excluding hydrogens is 300 g/mol. The van der Waals surface area contributed by atoms with Crippen molar-refractivity contribution in [3.8, 4) is 0 Å². The lowest BCUT2D eigenvalue weighted by molar-refractivity contribution is 0.0635. The number of nitrogens with two attached hydrogens (primary N) is 1. The van der Waals surface area contributed by atoms with Gasteiger partial charge in [-0.25, -0.2) is 4.79 Å². The molecule has 0 aromatic heterocycles. The molecule has 0 aliphatic heterocycles. The Bertz CT molecular complexity index is 548. The average Bonchev–Trinajstić information content (AvgIpc) is 2.32. The van der Waals surface area contributed by atoms with E-state index in [1.54, 1.807) is 6.07 Å². The minimum atomic E-state index is -0.533. The van der Waals surface area contributed by atoms with Gasteiger partial charge in [0.05, 0.1) is 0 Å². The van der Waals surface area contributed by atoms with E-state index in [2.05, 4.69) is 5.32 Å². The molecule has 1 aromatic carbocycles. The van der Waals surface area contributed by atoms with Crippen LogP contribution in [0, 0.1) is 0 Å². The first kappa shape index (κ1) is 17.1. The van der Waals surface area contributed by atoms with Gasteiger partial charge >= 0.3 is 6.09 Å². The number of rotatable bonds is 4. The number of carbonyl (C=O) groups is 1. The van der Waals surface area contributed by atoms with Gasteiger partial charge in [0, 0.05) is 10.7 Å². The number of ether oxygens (including phenoxy) is 1. The highest BCUT2D eigenvalue weighted by molar-refractivity contribution is 6.31. The lowest BCUT2D eigenvalue weighted by atomic mass is 9.62. The fraction of sp³-hybridized carbons (Fsp3) is 0.588. The first-order valence-corrected chi connectivity index (χ1v) is 8.14. The summed E-state index contributed by atoms with van der Waals surface area (Å²) in [5.41, 5.74) is 7.16. The number of benzene rings is 1. The van der Waals surface area contributed by atoms with Crippen LogP contribution in [0.5, 0.6) is 0 Å². The molecule has 122 valence electrons.